The number of likely N-dealkylation sites (tertiary alicyclic amines) is 1. The third kappa shape index (κ3) is 3.28. The highest BCUT2D eigenvalue weighted by Gasteiger charge is 2.27. The van der Waals surface area contributed by atoms with Crippen LogP contribution in [0.15, 0.2) is 0 Å². The molecular formula is C11H21IN2O. The summed E-state index contributed by atoms with van der Waals surface area (Å²) in [6.07, 6.45) is 5.14. The second-order valence-corrected chi connectivity index (χ2v) is 6.16. The van der Waals surface area contributed by atoms with Crippen molar-refractivity contribution in [1.82, 2.24) is 8.01 Å². The Morgan fingerprint density at radius 3 is 2.27 bits per heavy atom. The fourth-order valence-corrected chi connectivity index (χ4v) is 3.21. The second kappa shape index (κ2) is 5.80. The van der Waals surface area contributed by atoms with Gasteiger partial charge in [0.05, 0.1) is 0 Å². The molecule has 0 amide bonds. The van der Waals surface area contributed by atoms with Gasteiger partial charge in [-0.05, 0) is 45.8 Å². The number of nitrogens with zero attached hydrogens (tertiary/aromatic N) is 2. The van der Waals surface area contributed by atoms with Gasteiger partial charge in [0.15, 0.2) is 0 Å². The zero-order valence-electron chi connectivity index (χ0n) is 9.49. The van der Waals surface area contributed by atoms with Crippen molar-refractivity contribution >= 4 is 22.9 Å². The topological polar surface area (TPSA) is 15.7 Å². The first kappa shape index (κ1) is 12.1. The molecule has 2 rings (SSSR count). The Balaban J connectivity index is 1.77. The number of hydrogen-bond donors (Lipinski definition) is 0. The highest BCUT2D eigenvalue weighted by Crippen LogP contribution is 2.23. The van der Waals surface area contributed by atoms with Gasteiger partial charge in [0, 0.05) is 48.2 Å². The van der Waals surface area contributed by atoms with Crippen molar-refractivity contribution in [2.24, 2.45) is 0 Å². The summed E-state index contributed by atoms with van der Waals surface area (Å²) in [5.41, 5.74) is 0. The first-order valence-electron chi connectivity index (χ1n) is 5.98. The SMILES string of the molecule is CN(I)C1CCN(C2CCOCC2)CC1. The predicted molar refractivity (Wildman–Crippen MR) is 70.2 cm³/mol. The van der Waals surface area contributed by atoms with Crippen LogP contribution in [-0.4, -0.2) is 53.4 Å². The van der Waals surface area contributed by atoms with Crippen molar-refractivity contribution in [2.45, 2.75) is 37.8 Å². The van der Waals surface area contributed by atoms with Gasteiger partial charge in [-0.2, -0.15) is 0 Å². The first-order chi connectivity index (χ1) is 7.27. The van der Waals surface area contributed by atoms with Crippen molar-refractivity contribution < 1.29 is 4.74 Å². The van der Waals surface area contributed by atoms with Gasteiger partial charge < -0.3 is 9.64 Å². The molecule has 0 N–H and O–H groups in total. The fraction of sp³-hybridized carbons (Fsp3) is 1.00. The summed E-state index contributed by atoms with van der Waals surface area (Å²) in [6.45, 7) is 4.50. The maximum absolute atomic E-state index is 5.41. The normalized spacial score (nSPS) is 27.4. The zero-order valence-corrected chi connectivity index (χ0v) is 11.6. The molecule has 0 saturated carbocycles. The molecule has 0 aromatic rings. The van der Waals surface area contributed by atoms with Gasteiger partial charge in [0.2, 0.25) is 0 Å². The Labute approximate surface area is 107 Å². The van der Waals surface area contributed by atoms with E-state index in [2.05, 4.69) is 37.9 Å². The molecule has 0 unspecified atom stereocenters. The monoisotopic (exact) mass is 324 g/mol. The second-order valence-electron chi connectivity index (χ2n) is 4.64. The van der Waals surface area contributed by atoms with Crippen LogP contribution in [0.5, 0.6) is 0 Å². The minimum atomic E-state index is 0.793. The van der Waals surface area contributed by atoms with Crippen molar-refractivity contribution in [3.8, 4) is 0 Å². The lowest BCUT2D eigenvalue weighted by Crippen LogP contribution is -2.47. The average Bonchev–Trinajstić information content (AvgIpc) is 2.30. The van der Waals surface area contributed by atoms with E-state index in [1.54, 1.807) is 0 Å². The molecule has 3 nitrogen and oxygen atoms in total. The Bertz CT molecular complexity index is 187. The molecule has 0 spiro atoms. The standard InChI is InChI=1S/C11H21IN2O/c1-13(12)10-2-6-14(7-3-10)11-4-8-15-9-5-11/h10-11H,2-9H2,1H3. The summed E-state index contributed by atoms with van der Waals surface area (Å²) >= 11 is 2.42. The van der Waals surface area contributed by atoms with E-state index in [4.69, 9.17) is 4.74 Å². The highest BCUT2D eigenvalue weighted by molar-refractivity contribution is 14.1. The minimum Gasteiger partial charge on any atom is -0.381 e. The molecule has 2 heterocycles. The molecule has 0 radical (unpaired) electrons. The van der Waals surface area contributed by atoms with Crippen molar-refractivity contribution in [3.63, 3.8) is 0 Å². The summed E-state index contributed by atoms with van der Waals surface area (Å²) in [6, 6.07) is 1.60. The van der Waals surface area contributed by atoms with E-state index >= 15 is 0 Å². The maximum atomic E-state index is 5.41. The number of ether oxygens (including phenoxy) is 1. The van der Waals surface area contributed by atoms with Gasteiger partial charge in [-0.3, -0.25) is 0 Å². The molecule has 2 saturated heterocycles. The van der Waals surface area contributed by atoms with E-state index < -0.39 is 0 Å². The maximum Gasteiger partial charge on any atom is 0.0480 e. The number of rotatable bonds is 2. The van der Waals surface area contributed by atoms with Crippen LogP contribution in [0.1, 0.15) is 25.7 Å². The Morgan fingerprint density at radius 1 is 1.13 bits per heavy atom. The van der Waals surface area contributed by atoms with Crippen LogP contribution < -0.4 is 0 Å². The van der Waals surface area contributed by atoms with E-state index in [1.165, 1.54) is 38.8 Å². The smallest absolute Gasteiger partial charge is 0.0480 e. The summed E-state index contributed by atoms with van der Waals surface area (Å²) in [5, 5.41) is 0. The molecule has 0 aromatic carbocycles. The number of hydrogen-bond acceptors (Lipinski definition) is 3. The summed E-state index contributed by atoms with van der Waals surface area (Å²) in [5.74, 6) is 0. The number of piperidine rings is 1. The van der Waals surface area contributed by atoms with Gasteiger partial charge >= 0.3 is 0 Å². The fourth-order valence-electron chi connectivity index (χ4n) is 2.66. The van der Waals surface area contributed by atoms with Crippen LogP contribution in [0, 0.1) is 0 Å². The Kier molecular flexibility index (Phi) is 4.67. The Hall–Kier alpha value is 0.610. The molecule has 4 heteroatoms. The van der Waals surface area contributed by atoms with E-state index in [0.29, 0.717) is 0 Å². The molecule has 88 valence electrons. The van der Waals surface area contributed by atoms with E-state index in [9.17, 15) is 0 Å². The van der Waals surface area contributed by atoms with Crippen LogP contribution in [0.25, 0.3) is 0 Å². The first-order valence-corrected chi connectivity index (χ1v) is 6.94. The highest BCUT2D eigenvalue weighted by atomic mass is 127. The Morgan fingerprint density at radius 2 is 1.73 bits per heavy atom. The predicted octanol–water partition coefficient (Wildman–Crippen LogP) is 1.91. The average molecular weight is 324 g/mol. The van der Waals surface area contributed by atoms with Gasteiger partial charge in [-0.1, -0.05) is 0 Å². The molecule has 2 aliphatic heterocycles. The summed E-state index contributed by atoms with van der Waals surface area (Å²) < 4.78 is 7.76. The van der Waals surface area contributed by atoms with Crippen LogP contribution in [0.3, 0.4) is 0 Å². The van der Waals surface area contributed by atoms with Crippen LogP contribution in [0.2, 0.25) is 0 Å². The molecule has 2 aliphatic rings. The molecule has 0 aromatic heterocycles. The molecule has 0 aliphatic carbocycles. The van der Waals surface area contributed by atoms with E-state index in [-0.39, 0.29) is 0 Å². The van der Waals surface area contributed by atoms with Gasteiger partial charge in [0.1, 0.15) is 0 Å². The third-order valence-electron chi connectivity index (χ3n) is 3.71. The van der Waals surface area contributed by atoms with Gasteiger partial charge in [0.25, 0.3) is 0 Å². The molecule has 2 fully saturated rings. The van der Waals surface area contributed by atoms with Crippen molar-refractivity contribution in [3.05, 3.63) is 0 Å². The van der Waals surface area contributed by atoms with Crippen molar-refractivity contribution in [1.29, 1.82) is 0 Å². The quantitative estimate of drug-likeness (QED) is 0.570. The third-order valence-corrected chi connectivity index (χ3v) is 4.50. The minimum absolute atomic E-state index is 0.793. The van der Waals surface area contributed by atoms with Crippen LogP contribution in [-0.2, 0) is 4.74 Å². The molecule has 0 bridgehead atoms. The van der Waals surface area contributed by atoms with Gasteiger partial charge in [-0.25, -0.2) is 3.11 Å². The summed E-state index contributed by atoms with van der Waals surface area (Å²) in [4.78, 5) is 2.68. The van der Waals surface area contributed by atoms with Gasteiger partial charge in [-0.15, -0.1) is 0 Å². The zero-order chi connectivity index (χ0) is 10.7. The molecule has 0 atom stereocenters. The lowest BCUT2D eigenvalue weighted by molar-refractivity contribution is 0.0218. The summed E-state index contributed by atoms with van der Waals surface area (Å²) in [7, 11) is 2.19. The lowest BCUT2D eigenvalue weighted by atomic mass is 10.00. The molecular weight excluding hydrogens is 303 g/mol. The van der Waals surface area contributed by atoms with Crippen molar-refractivity contribution in [2.75, 3.05) is 33.4 Å². The molecule has 15 heavy (non-hydrogen) atoms. The van der Waals surface area contributed by atoms with E-state index in [0.717, 1.165) is 25.3 Å². The number of halogens is 1. The van der Waals surface area contributed by atoms with Crippen LogP contribution >= 0.6 is 22.9 Å². The van der Waals surface area contributed by atoms with E-state index in [1.807, 2.05) is 0 Å². The van der Waals surface area contributed by atoms with Crippen LogP contribution in [0.4, 0.5) is 0 Å². The lowest BCUT2D eigenvalue weighted by Gasteiger charge is -2.40. The largest absolute Gasteiger partial charge is 0.381 e.